The van der Waals surface area contributed by atoms with Crippen molar-refractivity contribution >= 4 is 21.4 Å². The summed E-state index contributed by atoms with van der Waals surface area (Å²) in [4.78, 5) is 3.33. The van der Waals surface area contributed by atoms with Gasteiger partial charge in [0.15, 0.2) is 0 Å². The summed E-state index contributed by atoms with van der Waals surface area (Å²) in [7, 11) is -3.50. The van der Waals surface area contributed by atoms with Crippen molar-refractivity contribution in [3.05, 3.63) is 66.5 Å². The Morgan fingerprint density at radius 1 is 1.00 bits per heavy atom. The van der Waals surface area contributed by atoms with E-state index >= 15 is 0 Å². The second-order valence-corrected chi connectivity index (χ2v) is 9.38. The van der Waals surface area contributed by atoms with Crippen LogP contribution in [-0.4, -0.2) is 43.6 Å². The number of thiophene rings is 1. The average Bonchev–Trinajstić information content (AvgIpc) is 3.35. The van der Waals surface area contributed by atoms with Crippen LogP contribution in [0.15, 0.2) is 65.1 Å². The maximum absolute atomic E-state index is 12.6. The molecule has 0 unspecified atom stereocenters. The van der Waals surface area contributed by atoms with Crippen molar-refractivity contribution in [1.82, 2.24) is 8.87 Å². The summed E-state index contributed by atoms with van der Waals surface area (Å²) in [6.07, 6.45) is 3.11. The molecule has 0 aliphatic carbocycles. The molecule has 26 heavy (non-hydrogen) atoms. The Labute approximate surface area is 157 Å². The van der Waals surface area contributed by atoms with Gasteiger partial charge in [0.1, 0.15) is 4.21 Å². The van der Waals surface area contributed by atoms with Gasteiger partial charge in [-0.05, 0) is 41.5 Å². The third-order valence-corrected chi connectivity index (χ3v) is 7.67. The minimum atomic E-state index is -3.50. The van der Waals surface area contributed by atoms with E-state index in [-0.39, 0.29) is 0 Å². The molecule has 3 heterocycles. The summed E-state index contributed by atoms with van der Waals surface area (Å²) in [5.41, 5.74) is 2.28. The molecule has 4 rings (SSSR count). The van der Waals surface area contributed by atoms with Crippen molar-refractivity contribution in [2.45, 2.75) is 10.8 Å². The highest BCUT2D eigenvalue weighted by Gasteiger charge is 2.19. The molecule has 0 spiro atoms. The Kier molecular flexibility index (Phi) is 4.95. The van der Waals surface area contributed by atoms with Gasteiger partial charge in [0, 0.05) is 36.9 Å². The molecule has 0 amide bonds. The van der Waals surface area contributed by atoms with E-state index in [4.69, 9.17) is 4.74 Å². The van der Waals surface area contributed by atoms with Gasteiger partial charge < -0.3 is 4.74 Å². The monoisotopic (exact) mass is 388 g/mol. The summed E-state index contributed by atoms with van der Waals surface area (Å²) in [5.74, 6) is 0. The molecule has 0 atom stereocenters. The number of benzene rings is 1. The predicted octanol–water partition coefficient (Wildman–Crippen LogP) is 3.29. The van der Waals surface area contributed by atoms with Crippen molar-refractivity contribution in [3.8, 4) is 10.4 Å². The van der Waals surface area contributed by atoms with Crippen molar-refractivity contribution in [2.24, 2.45) is 0 Å². The average molecular weight is 389 g/mol. The molecule has 0 N–H and O–H groups in total. The first-order valence-electron chi connectivity index (χ1n) is 8.51. The first kappa shape index (κ1) is 17.5. The Morgan fingerprint density at radius 2 is 1.77 bits per heavy atom. The largest absolute Gasteiger partial charge is 0.379 e. The van der Waals surface area contributed by atoms with Gasteiger partial charge in [-0.1, -0.05) is 18.2 Å². The number of aromatic nitrogens is 1. The normalized spacial score (nSPS) is 16.0. The third-order valence-electron chi connectivity index (χ3n) is 4.41. The van der Waals surface area contributed by atoms with Crippen LogP contribution in [0.3, 0.4) is 0 Å². The lowest BCUT2D eigenvalue weighted by Gasteiger charge is -2.26. The van der Waals surface area contributed by atoms with E-state index in [1.54, 1.807) is 30.6 Å². The molecule has 0 saturated carbocycles. The fourth-order valence-electron chi connectivity index (χ4n) is 3.04. The zero-order valence-electron chi connectivity index (χ0n) is 14.2. The van der Waals surface area contributed by atoms with Crippen molar-refractivity contribution < 1.29 is 13.2 Å². The van der Waals surface area contributed by atoms with E-state index < -0.39 is 10.0 Å². The Bertz CT molecular complexity index is 972. The maximum Gasteiger partial charge on any atom is 0.277 e. The van der Waals surface area contributed by atoms with Gasteiger partial charge in [-0.3, -0.25) is 4.90 Å². The number of rotatable bonds is 5. The van der Waals surface area contributed by atoms with E-state index in [9.17, 15) is 8.42 Å². The fraction of sp³-hybridized carbons (Fsp3) is 0.263. The lowest BCUT2D eigenvalue weighted by Crippen LogP contribution is -2.35. The number of ether oxygens (including phenoxy) is 1. The number of morpholine rings is 1. The van der Waals surface area contributed by atoms with Gasteiger partial charge in [0.25, 0.3) is 10.0 Å². The zero-order chi connectivity index (χ0) is 18.0. The highest BCUT2D eigenvalue weighted by Crippen LogP contribution is 2.32. The topological polar surface area (TPSA) is 51.5 Å². The summed E-state index contributed by atoms with van der Waals surface area (Å²) in [6.45, 7) is 4.35. The molecule has 0 radical (unpaired) electrons. The highest BCUT2D eigenvalue weighted by atomic mass is 32.2. The lowest BCUT2D eigenvalue weighted by atomic mass is 10.1. The molecule has 7 heteroatoms. The molecule has 1 fully saturated rings. The van der Waals surface area contributed by atoms with Gasteiger partial charge in [-0.15, -0.1) is 11.3 Å². The number of hydrogen-bond donors (Lipinski definition) is 0. The zero-order valence-corrected chi connectivity index (χ0v) is 15.9. The van der Waals surface area contributed by atoms with Crippen LogP contribution in [0.5, 0.6) is 0 Å². The minimum Gasteiger partial charge on any atom is -0.379 e. The molecule has 1 aliphatic heterocycles. The molecule has 2 aromatic heterocycles. The van der Waals surface area contributed by atoms with Crippen molar-refractivity contribution in [3.63, 3.8) is 0 Å². The first-order chi connectivity index (χ1) is 12.6. The quantitative estimate of drug-likeness (QED) is 0.673. The maximum atomic E-state index is 12.6. The Morgan fingerprint density at radius 3 is 2.54 bits per heavy atom. The molecule has 0 bridgehead atoms. The number of nitrogens with zero attached hydrogens (tertiary/aromatic N) is 2. The van der Waals surface area contributed by atoms with E-state index in [0.717, 1.165) is 43.3 Å². The van der Waals surface area contributed by atoms with E-state index in [1.807, 2.05) is 18.2 Å². The van der Waals surface area contributed by atoms with Gasteiger partial charge in [-0.2, -0.15) is 8.42 Å². The summed E-state index contributed by atoms with van der Waals surface area (Å²) in [5, 5.41) is 0. The van der Waals surface area contributed by atoms with Crippen LogP contribution in [0, 0.1) is 0 Å². The van der Waals surface area contributed by atoms with E-state index in [2.05, 4.69) is 17.0 Å². The van der Waals surface area contributed by atoms with Gasteiger partial charge >= 0.3 is 0 Å². The molecule has 136 valence electrons. The minimum absolute atomic E-state index is 0.349. The third kappa shape index (κ3) is 3.61. The summed E-state index contributed by atoms with van der Waals surface area (Å²) < 4.78 is 32.2. The summed E-state index contributed by atoms with van der Waals surface area (Å²) >= 11 is 1.30. The van der Waals surface area contributed by atoms with Gasteiger partial charge in [0.2, 0.25) is 0 Å². The van der Waals surface area contributed by atoms with Gasteiger partial charge in [0.05, 0.1) is 13.2 Å². The molecular formula is C19H20N2O3S2. The lowest BCUT2D eigenvalue weighted by molar-refractivity contribution is 0.0342. The molecule has 1 aromatic carbocycles. The number of hydrogen-bond acceptors (Lipinski definition) is 5. The Balaban J connectivity index is 1.57. The van der Waals surface area contributed by atoms with Crippen LogP contribution >= 0.6 is 11.3 Å². The first-order valence-corrected chi connectivity index (χ1v) is 10.8. The molecule has 5 nitrogen and oxygen atoms in total. The smallest absolute Gasteiger partial charge is 0.277 e. The molecule has 3 aromatic rings. The SMILES string of the molecule is O=S(=O)(c1ccc(-c2cccc(CN3CCOCC3)c2)s1)n1cccc1. The van der Waals surface area contributed by atoms with Crippen LogP contribution in [-0.2, 0) is 21.3 Å². The second kappa shape index (κ2) is 7.36. The molecule has 1 saturated heterocycles. The molecular weight excluding hydrogens is 368 g/mol. The second-order valence-electron chi connectivity index (χ2n) is 6.23. The van der Waals surface area contributed by atoms with Crippen molar-refractivity contribution in [1.29, 1.82) is 0 Å². The van der Waals surface area contributed by atoms with Crippen LogP contribution in [0.4, 0.5) is 0 Å². The van der Waals surface area contributed by atoms with Crippen LogP contribution in [0.1, 0.15) is 5.56 Å². The summed E-state index contributed by atoms with van der Waals surface area (Å²) in [6, 6.07) is 15.3. The van der Waals surface area contributed by atoms with Gasteiger partial charge in [-0.25, -0.2) is 3.97 Å². The standard InChI is InChI=1S/C19H20N2O3S2/c22-26(23,21-8-1-2-9-21)19-7-6-18(25-19)17-5-3-4-16(14-17)15-20-10-12-24-13-11-20/h1-9,14H,10-13,15H2. The van der Waals surface area contributed by atoms with Crippen LogP contribution in [0.25, 0.3) is 10.4 Å². The molecule has 1 aliphatic rings. The highest BCUT2D eigenvalue weighted by molar-refractivity contribution is 7.92. The van der Waals surface area contributed by atoms with Crippen molar-refractivity contribution in [2.75, 3.05) is 26.3 Å². The van der Waals surface area contributed by atoms with E-state index in [1.165, 1.54) is 20.9 Å². The van der Waals surface area contributed by atoms with Crippen LogP contribution in [0.2, 0.25) is 0 Å². The van der Waals surface area contributed by atoms with E-state index in [0.29, 0.717) is 4.21 Å². The van der Waals surface area contributed by atoms with Crippen LogP contribution < -0.4 is 0 Å². The fourth-order valence-corrected chi connectivity index (χ4v) is 5.63. The Hall–Kier alpha value is -1.93. The predicted molar refractivity (Wildman–Crippen MR) is 103 cm³/mol.